The minimum Gasteiger partial charge on any atom is -0.459 e. The zero-order valence-corrected chi connectivity index (χ0v) is 15.8. The van der Waals surface area contributed by atoms with Crippen LogP contribution in [0.4, 0.5) is 0 Å². The van der Waals surface area contributed by atoms with E-state index in [-0.39, 0.29) is 19.1 Å². The number of nitrogens with one attached hydrogen (secondary N) is 2. The summed E-state index contributed by atoms with van der Waals surface area (Å²) in [5, 5.41) is 15.8. The predicted molar refractivity (Wildman–Crippen MR) is 101 cm³/mol. The summed E-state index contributed by atoms with van der Waals surface area (Å²) < 4.78 is 10.9. The molecule has 0 saturated carbocycles. The molecule has 1 heterocycles. The molecule has 0 spiro atoms. The Balaban J connectivity index is 1.83. The number of methoxy groups -OCH3 is 1. The van der Waals surface area contributed by atoms with Crippen molar-refractivity contribution in [2.75, 3.05) is 26.9 Å². The second-order valence-corrected chi connectivity index (χ2v) is 6.81. The van der Waals surface area contributed by atoms with Gasteiger partial charge in [0, 0.05) is 29.8 Å². The van der Waals surface area contributed by atoms with Gasteiger partial charge in [0.25, 0.3) is 0 Å². The van der Waals surface area contributed by atoms with E-state index in [1.165, 1.54) is 0 Å². The van der Waals surface area contributed by atoms with Crippen LogP contribution in [-0.2, 0) is 16.1 Å². The molecule has 2 rings (SSSR count). The van der Waals surface area contributed by atoms with Crippen LogP contribution >= 0.6 is 11.6 Å². The second kappa shape index (κ2) is 9.73. The largest absolute Gasteiger partial charge is 0.459 e. The highest BCUT2D eigenvalue weighted by atomic mass is 35.5. The quantitative estimate of drug-likeness (QED) is 0.590. The van der Waals surface area contributed by atoms with Crippen molar-refractivity contribution in [1.29, 1.82) is 0 Å². The lowest BCUT2D eigenvalue weighted by Gasteiger charge is -2.29. The van der Waals surface area contributed by atoms with Crippen LogP contribution in [0.15, 0.2) is 40.8 Å². The number of halogens is 1. The van der Waals surface area contributed by atoms with E-state index in [2.05, 4.69) is 10.6 Å². The lowest BCUT2D eigenvalue weighted by atomic mass is 9.99. The van der Waals surface area contributed by atoms with Gasteiger partial charge in [0.05, 0.1) is 19.7 Å². The molecule has 3 N–H and O–H groups in total. The zero-order chi connectivity index (χ0) is 19.0. The van der Waals surface area contributed by atoms with Crippen LogP contribution in [0.1, 0.15) is 19.1 Å². The fourth-order valence-corrected chi connectivity index (χ4v) is 2.69. The van der Waals surface area contributed by atoms with Crippen LogP contribution < -0.4 is 10.6 Å². The second-order valence-electron chi connectivity index (χ2n) is 6.37. The Hall–Kier alpha value is -1.86. The van der Waals surface area contributed by atoms with Gasteiger partial charge in [-0.3, -0.25) is 4.79 Å². The number of ether oxygens (including phenoxy) is 1. The summed E-state index contributed by atoms with van der Waals surface area (Å²) in [5.41, 5.74) is 0.473. The van der Waals surface area contributed by atoms with Gasteiger partial charge in [-0.15, -0.1) is 0 Å². The minimum atomic E-state index is -0.451. The third-order valence-electron chi connectivity index (χ3n) is 4.05. The number of rotatable bonds is 10. The number of hydrogen-bond donors (Lipinski definition) is 3. The van der Waals surface area contributed by atoms with E-state index in [9.17, 15) is 4.79 Å². The number of aliphatic hydroxyl groups excluding tert-OH is 1. The standard InChI is InChI=1S/C19H25ClN2O4/c1-19(9-10-23,13-25-2)22-12-18(24)21-11-16-7-8-17(26-16)14-3-5-15(20)6-4-14/h3-8,22-23H,9-13H2,1-2H3,(H,21,24)/t19-/m1/s1. The third kappa shape index (κ3) is 6.14. The van der Waals surface area contributed by atoms with Gasteiger partial charge >= 0.3 is 0 Å². The first kappa shape index (κ1) is 20.5. The highest BCUT2D eigenvalue weighted by Crippen LogP contribution is 2.23. The molecule has 0 aliphatic carbocycles. The van der Waals surface area contributed by atoms with Gasteiger partial charge in [0.2, 0.25) is 5.91 Å². The van der Waals surface area contributed by atoms with Gasteiger partial charge < -0.3 is 24.9 Å². The molecule has 0 unspecified atom stereocenters. The number of benzene rings is 1. The Morgan fingerprint density at radius 3 is 2.65 bits per heavy atom. The van der Waals surface area contributed by atoms with Crippen molar-refractivity contribution in [3.8, 4) is 11.3 Å². The maximum atomic E-state index is 12.1. The van der Waals surface area contributed by atoms with Crippen LogP contribution in [-0.4, -0.2) is 43.4 Å². The van der Waals surface area contributed by atoms with Crippen molar-refractivity contribution in [2.24, 2.45) is 0 Å². The molecular weight excluding hydrogens is 356 g/mol. The Morgan fingerprint density at radius 1 is 1.27 bits per heavy atom. The Labute approximate surface area is 158 Å². The molecule has 0 aliphatic rings. The Morgan fingerprint density at radius 2 is 2.00 bits per heavy atom. The van der Waals surface area contributed by atoms with Crippen molar-refractivity contribution < 1.29 is 19.1 Å². The van der Waals surface area contributed by atoms with Crippen molar-refractivity contribution >= 4 is 17.5 Å². The van der Waals surface area contributed by atoms with E-state index in [4.69, 9.17) is 25.9 Å². The molecule has 7 heteroatoms. The van der Waals surface area contributed by atoms with E-state index < -0.39 is 5.54 Å². The van der Waals surface area contributed by atoms with Crippen LogP contribution in [0, 0.1) is 0 Å². The average Bonchev–Trinajstić information content (AvgIpc) is 3.08. The molecule has 0 fully saturated rings. The number of aliphatic hydroxyl groups is 1. The van der Waals surface area contributed by atoms with Gasteiger partial charge in [-0.05, 0) is 49.7 Å². The molecule has 2 aromatic rings. The molecule has 1 amide bonds. The summed E-state index contributed by atoms with van der Waals surface area (Å²) >= 11 is 5.88. The molecule has 1 atom stereocenters. The fraction of sp³-hybridized carbons (Fsp3) is 0.421. The van der Waals surface area contributed by atoms with Crippen molar-refractivity contribution in [3.63, 3.8) is 0 Å². The molecule has 26 heavy (non-hydrogen) atoms. The maximum Gasteiger partial charge on any atom is 0.234 e. The van der Waals surface area contributed by atoms with Gasteiger partial charge in [-0.2, -0.15) is 0 Å². The number of amides is 1. The lowest BCUT2D eigenvalue weighted by Crippen LogP contribution is -2.50. The summed E-state index contributed by atoms with van der Waals surface area (Å²) in [6.07, 6.45) is 0.497. The topological polar surface area (TPSA) is 83.7 Å². The minimum absolute atomic E-state index is 0.0222. The van der Waals surface area contributed by atoms with Crippen molar-refractivity contribution in [3.05, 3.63) is 47.2 Å². The molecule has 1 aromatic heterocycles. The van der Waals surface area contributed by atoms with Crippen LogP contribution in [0.5, 0.6) is 0 Å². The number of hydrogen-bond acceptors (Lipinski definition) is 5. The van der Waals surface area contributed by atoms with E-state index in [0.717, 1.165) is 11.3 Å². The predicted octanol–water partition coefficient (Wildman–Crippen LogP) is 2.59. The number of carbonyl (C=O) groups is 1. The fourth-order valence-electron chi connectivity index (χ4n) is 2.56. The van der Waals surface area contributed by atoms with Gasteiger partial charge in [-0.1, -0.05) is 11.6 Å². The summed E-state index contributed by atoms with van der Waals surface area (Å²) in [7, 11) is 1.59. The average molecular weight is 381 g/mol. The molecule has 0 aliphatic heterocycles. The molecular formula is C19H25ClN2O4. The maximum absolute atomic E-state index is 12.1. The summed E-state index contributed by atoms with van der Waals surface area (Å²) in [6.45, 7) is 2.77. The Bertz CT molecular complexity index is 694. The summed E-state index contributed by atoms with van der Waals surface area (Å²) in [6, 6.07) is 11.1. The third-order valence-corrected chi connectivity index (χ3v) is 4.30. The van der Waals surface area contributed by atoms with Crippen molar-refractivity contribution in [2.45, 2.75) is 25.4 Å². The van der Waals surface area contributed by atoms with E-state index >= 15 is 0 Å². The normalized spacial score (nSPS) is 13.4. The van der Waals surface area contributed by atoms with E-state index in [0.29, 0.717) is 30.4 Å². The van der Waals surface area contributed by atoms with Gasteiger partial charge in [0.1, 0.15) is 11.5 Å². The first-order chi connectivity index (χ1) is 12.5. The van der Waals surface area contributed by atoms with Crippen LogP contribution in [0.3, 0.4) is 0 Å². The number of furan rings is 1. The summed E-state index contributed by atoms with van der Waals surface area (Å²) in [5.74, 6) is 1.23. The van der Waals surface area contributed by atoms with E-state index in [1.807, 2.05) is 31.2 Å². The molecule has 1 aromatic carbocycles. The first-order valence-corrected chi connectivity index (χ1v) is 8.80. The highest BCUT2D eigenvalue weighted by Gasteiger charge is 2.23. The van der Waals surface area contributed by atoms with Crippen LogP contribution in [0.25, 0.3) is 11.3 Å². The van der Waals surface area contributed by atoms with Crippen molar-refractivity contribution in [1.82, 2.24) is 10.6 Å². The molecule has 0 saturated heterocycles. The molecule has 142 valence electrons. The highest BCUT2D eigenvalue weighted by molar-refractivity contribution is 6.30. The van der Waals surface area contributed by atoms with Gasteiger partial charge in [-0.25, -0.2) is 0 Å². The molecule has 0 radical (unpaired) electrons. The number of carbonyl (C=O) groups excluding carboxylic acids is 1. The van der Waals surface area contributed by atoms with Crippen LogP contribution in [0.2, 0.25) is 5.02 Å². The molecule has 6 nitrogen and oxygen atoms in total. The summed E-state index contributed by atoms with van der Waals surface area (Å²) in [4.78, 5) is 12.1. The molecule has 0 bridgehead atoms. The van der Waals surface area contributed by atoms with Gasteiger partial charge in [0.15, 0.2) is 0 Å². The first-order valence-electron chi connectivity index (χ1n) is 8.42. The smallest absolute Gasteiger partial charge is 0.234 e. The monoisotopic (exact) mass is 380 g/mol. The zero-order valence-electron chi connectivity index (χ0n) is 15.0. The lowest BCUT2D eigenvalue weighted by molar-refractivity contribution is -0.121. The SMILES string of the molecule is COC[C@@](C)(CCO)NCC(=O)NCc1ccc(-c2ccc(Cl)cc2)o1. The van der Waals surface area contributed by atoms with E-state index in [1.54, 1.807) is 19.2 Å². The Kier molecular flexibility index (Phi) is 7.66.